The molecular weight excluding hydrogens is 336 g/mol. The molecule has 5 nitrogen and oxygen atoms in total. The summed E-state index contributed by atoms with van der Waals surface area (Å²) in [5.41, 5.74) is 1.52. The maximum atomic E-state index is 13.3. The summed E-state index contributed by atoms with van der Waals surface area (Å²) in [5.74, 6) is 1.06. The van der Waals surface area contributed by atoms with E-state index in [0.29, 0.717) is 11.6 Å². The van der Waals surface area contributed by atoms with Crippen LogP contribution in [0.4, 0.5) is 0 Å². The molecule has 4 rings (SSSR count). The lowest BCUT2D eigenvalue weighted by atomic mass is 9.93. The normalized spacial score (nSPS) is 20.4. The van der Waals surface area contributed by atoms with Crippen molar-refractivity contribution in [3.63, 3.8) is 0 Å². The van der Waals surface area contributed by atoms with Crippen molar-refractivity contribution in [2.24, 2.45) is 0 Å². The van der Waals surface area contributed by atoms with Crippen molar-refractivity contribution in [1.82, 2.24) is 19.8 Å². The van der Waals surface area contributed by atoms with Crippen LogP contribution in [0.1, 0.15) is 44.3 Å². The molecule has 0 atom stereocenters. The van der Waals surface area contributed by atoms with Gasteiger partial charge in [0.05, 0.1) is 17.6 Å². The lowest BCUT2D eigenvalue weighted by Crippen LogP contribution is -2.56. The first-order valence-electron chi connectivity index (χ1n) is 9.23. The van der Waals surface area contributed by atoms with Crippen molar-refractivity contribution >= 4 is 28.5 Å². The third-order valence-electron chi connectivity index (χ3n) is 5.77. The highest BCUT2D eigenvalue weighted by atomic mass is 35.5. The number of likely N-dealkylation sites (N-methyl/N-ethyl adjacent to an activating group) is 1. The number of nitrogens with zero attached hydrogens (tertiary/aromatic N) is 3. The van der Waals surface area contributed by atoms with E-state index in [1.807, 2.05) is 30.1 Å². The second-order valence-electron chi connectivity index (χ2n) is 7.44. The van der Waals surface area contributed by atoms with Crippen molar-refractivity contribution in [3.8, 4) is 0 Å². The maximum Gasteiger partial charge on any atom is 0.243 e. The van der Waals surface area contributed by atoms with Crippen LogP contribution in [0.2, 0.25) is 5.02 Å². The zero-order valence-electron chi connectivity index (χ0n) is 14.7. The highest BCUT2D eigenvalue weighted by Crippen LogP contribution is 2.39. The van der Waals surface area contributed by atoms with Gasteiger partial charge >= 0.3 is 0 Å². The number of likely N-dealkylation sites (tertiary alicyclic amines) is 1. The number of nitrogens with one attached hydrogen (secondary N) is 1. The Balaban J connectivity index is 1.54. The van der Waals surface area contributed by atoms with Gasteiger partial charge in [-0.05, 0) is 57.0 Å². The number of hydrogen-bond donors (Lipinski definition) is 1. The van der Waals surface area contributed by atoms with Gasteiger partial charge in [-0.3, -0.25) is 9.69 Å². The van der Waals surface area contributed by atoms with E-state index in [4.69, 9.17) is 11.6 Å². The number of imidazole rings is 1. The number of halogens is 1. The van der Waals surface area contributed by atoms with Crippen LogP contribution in [0, 0.1) is 0 Å². The van der Waals surface area contributed by atoms with Crippen LogP contribution in [0.5, 0.6) is 0 Å². The topological polar surface area (TPSA) is 52.2 Å². The molecule has 134 valence electrons. The van der Waals surface area contributed by atoms with Gasteiger partial charge in [0, 0.05) is 12.1 Å². The number of fused-ring (bicyclic) bond motifs is 1. The summed E-state index contributed by atoms with van der Waals surface area (Å²) in [6.07, 6.45) is 6.71. The molecule has 0 spiro atoms. The van der Waals surface area contributed by atoms with Crippen molar-refractivity contribution in [1.29, 1.82) is 0 Å². The third-order valence-corrected chi connectivity index (χ3v) is 6.00. The molecule has 1 aromatic heterocycles. The zero-order valence-corrected chi connectivity index (χ0v) is 15.5. The summed E-state index contributed by atoms with van der Waals surface area (Å²) in [6.45, 7) is 2.62. The molecule has 1 saturated carbocycles. The van der Waals surface area contributed by atoms with E-state index in [1.54, 1.807) is 0 Å². The van der Waals surface area contributed by atoms with Crippen molar-refractivity contribution in [2.45, 2.75) is 50.6 Å². The van der Waals surface area contributed by atoms with E-state index in [0.717, 1.165) is 55.6 Å². The highest BCUT2D eigenvalue weighted by molar-refractivity contribution is 6.31. The molecule has 1 saturated heterocycles. The first kappa shape index (κ1) is 16.9. The van der Waals surface area contributed by atoms with E-state index >= 15 is 0 Å². The summed E-state index contributed by atoms with van der Waals surface area (Å²) in [5, 5.41) is 0.686. The summed E-state index contributed by atoms with van der Waals surface area (Å²) in [4.78, 5) is 25.5. The van der Waals surface area contributed by atoms with Gasteiger partial charge in [-0.25, -0.2) is 4.98 Å². The molecule has 1 N–H and O–H groups in total. The Bertz CT molecular complexity index is 775. The summed E-state index contributed by atoms with van der Waals surface area (Å²) < 4.78 is 0. The lowest BCUT2D eigenvalue weighted by Gasteiger charge is -2.39. The molecule has 1 aliphatic heterocycles. The molecule has 1 aliphatic carbocycles. The minimum Gasteiger partial charge on any atom is -0.340 e. The lowest BCUT2D eigenvalue weighted by molar-refractivity contribution is -0.143. The van der Waals surface area contributed by atoms with Gasteiger partial charge in [0.15, 0.2) is 0 Å². The molecule has 0 unspecified atom stereocenters. The summed E-state index contributed by atoms with van der Waals surface area (Å²) in [7, 11) is 1.90. The largest absolute Gasteiger partial charge is 0.340 e. The highest BCUT2D eigenvalue weighted by Gasteiger charge is 2.48. The molecule has 2 fully saturated rings. The average molecular weight is 361 g/mol. The first-order valence-corrected chi connectivity index (χ1v) is 9.61. The molecule has 2 heterocycles. The predicted molar refractivity (Wildman–Crippen MR) is 99.6 cm³/mol. The molecule has 1 aromatic carbocycles. The zero-order chi connectivity index (χ0) is 17.4. The van der Waals surface area contributed by atoms with E-state index in [1.165, 1.54) is 12.8 Å². The van der Waals surface area contributed by atoms with Crippen LogP contribution in [0.25, 0.3) is 11.0 Å². The van der Waals surface area contributed by atoms with Gasteiger partial charge in [-0.2, -0.15) is 0 Å². The number of aromatic nitrogens is 2. The van der Waals surface area contributed by atoms with Gasteiger partial charge in [-0.1, -0.05) is 24.4 Å². The van der Waals surface area contributed by atoms with Crippen molar-refractivity contribution in [2.75, 3.05) is 20.1 Å². The number of aromatic amines is 1. The van der Waals surface area contributed by atoms with E-state index < -0.39 is 0 Å². The number of benzene rings is 1. The van der Waals surface area contributed by atoms with Gasteiger partial charge in [0.25, 0.3) is 0 Å². The second-order valence-corrected chi connectivity index (χ2v) is 7.88. The Labute approximate surface area is 153 Å². The Morgan fingerprint density at radius 2 is 2.00 bits per heavy atom. The van der Waals surface area contributed by atoms with Gasteiger partial charge < -0.3 is 9.88 Å². The van der Waals surface area contributed by atoms with Crippen LogP contribution in [0.3, 0.4) is 0 Å². The molecule has 25 heavy (non-hydrogen) atoms. The molecule has 2 aliphatic rings. The number of carbonyl (C=O) groups is 1. The smallest absolute Gasteiger partial charge is 0.243 e. The monoisotopic (exact) mass is 360 g/mol. The van der Waals surface area contributed by atoms with Gasteiger partial charge in [-0.15, -0.1) is 0 Å². The fourth-order valence-corrected chi connectivity index (χ4v) is 4.70. The second kappa shape index (κ2) is 6.61. The first-order chi connectivity index (χ1) is 12.1. The Kier molecular flexibility index (Phi) is 4.46. The Hall–Kier alpha value is -1.59. The van der Waals surface area contributed by atoms with Crippen LogP contribution in [0.15, 0.2) is 18.2 Å². The molecule has 0 bridgehead atoms. The quantitative estimate of drug-likeness (QED) is 0.906. The average Bonchev–Trinajstić information content (AvgIpc) is 3.33. The maximum absolute atomic E-state index is 13.3. The summed E-state index contributed by atoms with van der Waals surface area (Å²) in [6, 6.07) is 5.62. The van der Waals surface area contributed by atoms with Gasteiger partial charge in [0.1, 0.15) is 11.4 Å². The minimum atomic E-state index is -0.277. The van der Waals surface area contributed by atoms with E-state index in [-0.39, 0.29) is 11.4 Å². The fraction of sp³-hybridized carbons (Fsp3) is 0.579. The number of rotatable bonds is 4. The van der Waals surface area contributed by atoms with Crippen LogP contribution < -0.4 is 0 Å². The molecule has 6 heteroatoms. The Morgan fingerprint density at radius 3 is 2.72 bits per heavy atom. The van der Waals surface area contributed by atoms with Crippen LogP contribution >= 0.6 is 11.6 Å². The molecule has 1 amide bonds. The fourth-order valence-electron chi connectivity index (χ4n) is 4.53. The standard InChI is InChI=1S/C19H25ClN4O/c1-23(13-17-21-15-7-6-14(20)12-16(15)22-17)18(25)19(8-2-3-9-19)24-10-4-5-11-24/h6-7,12H,2-5,8-11,13H2,1H3,(H,21,22). The molecule has 0 radical (unpaired) electrons. The number of H-pyrrole nitrogens is 1. The summed E-state index contributed by atoms with van der Waals surface area (Å²) >= 11 is 6.04. The van der Waals surface area contributed by atoms with E-state index in [9.17, 15) is 4.79 Å². The van der Waals surface area contributed by atoms with Gasteiger partial charge in [0.2, 0.25) is 5.91 Å². The SMILES string of the molecule is CN(Cc1nc2ccc(Cl)cc2[nH]1)C(=O)C1(N2CCCC2)CCCC1. The third kappa shape index (κ3) is 3.04. The number of hydrogen-bond acceptors (Lipinski definition) is 3. The van der Waals surface area contributed by atoms with Crippen molar-refractivity contribution in [3.05, 3.63) is 29.0 Å². The molecular formula is C19H25ClN4O. The van der Waals surface area contributed by atoms with E-state index in [2.05, 4.69) is 14.9 Å². The van der Waals surface area contributed by atoms with Crippen LogP contribution in [-0.4, -0.2) is 51.4 Å². The van der Waals surface area contributed by atoms with Crippen LogP contribution in [-0.2, 0) is 11.3 Å². The minimum absolute atomic E-state index is 0.255. The molecule has 2 aromatic rings. The number of amides is 1. The predicted octanol–water partition coefficient (Wildman–Crippen LogP) is 3.58. The number of carbonyl (C=O) groups excluding carboxylic acids is 1. The Morgan fingerprint density at radius 1 is 1.28 bits per heavy atom. The van der Waals surface area contributed by atoms with Crippen molar-refractivity contribution < 1.29 is 4.79 Å².